The van der Waals surface area contributed by atoms with E-state index in [4.69, 9.17) is 0 Å². The van der Waals surface area contributed by atoms with E-state index in [-0.39, 0.29) is 24.8 Å². The van der Waals surface area contributed by atoms with Gasteiger partial charge in [-0.05, 0) is 0 Å². The molecule has 0 atom stereocenters. The van der Waals surface area contributed by atoms with E-state index in [0.29, 0.717) is 0 Å². The summed E-state index contributed by atoms with van der Waals surface area (Å²) in [5, 5.41) is 0. The van der Waals surface area contributed by atoms with Crippen LogP contribution in [0.25, 0.3) is 11.1 Å². The normalized spacial score (nSPS) is 18.6. The predicted molar refractivity (Wildman–Crippen MR) is 154 cm³/mol. The van der Waals surface area contributed by atoms with Crippen molar-refractivity contribution in [1.29, 1.82) is 0 Å². The van der Waals surface area contributed by atoms with Crippen molar-refractivity contribution in [1.82, 2.24) is 0 Å². The Morgan fingerprint density at radius 3 is 2.00 bits per heavy atom. The van der Waals surface area contributed by atoms with Crippen molar-refractivity contribution >= 4 is 6.48 Å². The summed E-state index contributed by atoms with van der Waals surface area (Å²) in [7, 11) is 0. The van der Waals surface area contributed by atoms with Crippen LogP contribution >= 0.6 is 0 Å². The van der Waals surface area contributed by atoms with E-state index < -0.39 is 21.3 Å². The van der Waals surface area contributed by atoms with Crippen molar-refractivity contribution < 1.29 is 46.1 Å². The van der Waals surface area contributed by atoms with Gasteiger partial charge in [0.1, 0.15) is 0 Å². The second kappa shape index (κ2) is 12.8. The van der Waals surface area contributed by atoms with Gasteiger partial charge in [-0.25, -0.2) is 0 Å². The summed E-state index contributed by atoms with van der Waals surface area (Å²) >= 11 is -2.08. The molecule has 38 heavy (non-hydrogen) atoms. The molecule has 0 unspecified atom stereocenters. The standard InChI is InChI=1S/C27H33.C5H5.C3H6.2ClH.Zr/c1-18-13-22(20-9-5-3-6-10-20)15-26-24(18)17-25-19(2)14-23(16-27(25)26)21-11-7-4-8-12-21;1-2-4-5-3-1;1-3-2;;;/h13,15-16,20-21H,3-12,17H2,1-2H3;1-3H,4H2;1-2H3;2*1H;/q;;;;;+2/p-2. The summed E-state index contributed by atoms with van der Waals surface area (Å²) in [6.07, 6.45) is 23.7. The third-order valence-electron chi connectivity index (χ3n) is 9.84. The predicted octanol–water partition coefficient (Wildman–Crippen LogP) is 3.28. The minimum Gasteiger partial charge on any atom is -1.00 e. The van der Waals surface area contributed by atoms with E-state index in [1.54, 1.807) is 51.0 Å². The Kier molecular flexibility index (Phi) is 10.2. The molecule has 2 aromatic carbocycles. The molecule has 4 aliphatic rings. The van der Waals surface area contributed by atoms with Gasteiger partial charge in [0.15, 0.2) is 0 Å². The van der Waals surface area contributed by atoms with Crippen molar-refractivity contribution in [3.8, 4) is 11.1 Å². The second-order valence-corrected chi connectivity index (χ2v) is 19.5. The molecule has 202 valence electrons. The summed E-state index contributed by atoms with van der Waals surface area (Å²) in [5.41, 5.74) is 13.2. The molecule has 2 fully saturated rings. The first-order chi connectivity index (χ1) is 17.5. The van der Waals surface area contributed by atoms with E-state index in [1.165, 1.54) is 70.6 Å². The zero-order valence-electron chi connectivity index (χ0n) is 23.9. The third-order valence-corrected chi connectivity index (χ3v) is 17.7. The number of halogens is 2. The van der Waals surface area contributed by atoms with Crippen LogP contribution in [-0.2, 0) is 27.7 Å². The number of rotatable bonds is 4. The van der Waals surface area contributed by atoms with Crippen LogP contribution in [0.1, 0.15) is 130 Å². The molecule has 0 aromatic heterocycles. The molecule has 0 saturated heterocycles. The fraction of sp³-hybridized carbons (Fsp3) is 0.514. The van der Waals surface area contributed by atoms with Crippen LogP contribution in [0.4, 0.5) is 0 Å². The maximum Gasteiger partial charge on any atom is -1.00 e. The van der Waals surface area contributed by atoms with Crippen LogP contribution in [0.5, 0.6) is 0 Å². The number of hydrogen-bond donors (Lipinski definition) is 0. The summed E-state index contributed by atoms with van der Waals surface area (Å²) in [6.45, 7) is 9.84. The van der Waals surface area contributed by atoms with E-state index >= 15 is 0 Å². The Balaban J connectivity index is 0.00000168. The number of hydrogen-bond acceptors (Lipinski definition) is 0. The SMILES string of the molecule is C[C](C)=[Zr+2]([C]1=CC=CC1)[c]1c(C2CCCCC2)cc2c(c1C)Cc1c(C)cc(C3CCCCC3)cc1-2.[Cl-].[Cl-]. The Hall–Kier alpha value is -0.747. The molecule has 0 bridgehead atoms. The fourth-order valence-electron chi connectivity index (χ4n) is 7.95. The van der Waals surface area contributed by atoms with Gasteiger partial charge in [0.25, 0.3) is 0 Å². The van der Waals surface area contributed by atoms with Gasteiger partial charge in [-0.3, -0.25) is 0 Å². The van der Waals surface area contributed by atoms with Crippen molar-refractivity contribution in [3.63, 3.8) is 0 Å². The first-order valence-electron chi connectivity index (χ1n) is 14.9. The molecule has 0 spiro atoms. The van der Waals surface area contributed by atoms with E-state index in [0.717, 1.165) is 18.3 Å². The van der Waals surface area contributed by atoms with Crippen LogP contribution in [0.15, 0.2) is 39.7 Å². The van der Waals surface area contributed by atoms with Crippen LogP contribution in [0, 0.1) is 13.8 Å². The second-order valence-electron chi connectivity index (χ2n) is 12.4. The molecule has 3 heteroatoms. The van der Waals surface area contributed by atoms with Gasteiger partial charge >= 0.3 is 229 Å². The molecule has 6 rings (SSSR count). The van der Waals surface area contributed by atoms with Crippen molar-refractivity contribution in [2.75, 3.05) is 0 Å². The van der Waals surface area contributed by atoms with Gasteiger partial charge in [-0.2, -0.15) is 0 Å². The van der Waals surface area contributed by atoms with E-state index in [1.807, 2.05) is 3.27 Å². The van der Waals surface area contributed by atoms with Crippen LogP contribution in [-0.4, -0.2) is 3.21 Å². The first kappa shape index (κ1) is 30.2. The number of fused-ring (bicyclic) bond motifs is 3. The molecule has 0 heterocycles. The summed E-state index contributed by atoms with van der Waals surface area (Å²) in [6, 6.07) is 7.98. The van der Waals surface area contributed by atoms with Gasteiger partial charge in [0.2, 0.25) is 0 Å². The maximum absolute atomic E-state index is 2.76. The quantitative estimate of drug-likeness (QED) is 0.417. The zero-order chi connectivity index (χ0) is 24.8. The zero-order valence-corrected chi connectivity index (χ0v) is 27.8. The van der Waals surface area contributed by atoms with Gasteiger partial charge < -0.3 is 24.8 Å². The maximum atomic E-state index is 2.76. The van der Waals surface area contributed by atoms with Gasteiger partial charge in [-0.15, -0.1) is 0 Å². The topological polar surface area (TPSA) is 0 Å². The summed E-state index contributed by atoms with van der Waals surface area (Å²) in [5.74, 6) is 1.55. The fourth-order valence-corrected chi connectivity index (χ4v) is 15.7. The Morgan fingerprint density at radius 2 is 1.39 bits per heavy atom. The Labute approximate surface area is 251 Å². The van der Waals surface area contributed by atoms with Crippen molar-refractivity contribution in [2.24, 2.45) is 0 Å². The average Bonchev–Trinajstić information content (AvgIpc) is 3.55. The van der Waals surface area contributed by atoms with E-state index in [9.17, 15) is 0 Å². The van der Waals surface area contributed by atoms with Crippen LogP contribution in [0.3, 0.4) is 0 Å². The molecule has 0 radical (unpaired) electrons. The monoisotopic (exact) mass is 624 g/mol. The van der Waals surface area contributed by atoms with Crippen LogP contribution in [0.2, 0.25) is 0 Å². The van der Waals surface area contributed by atoms with Crippen molar-refractivity contribution in [3.05, 3.63) is 73.1 Å². The van der Waals surface area contributed by atoms with Gasteiger partial charge in [0.05, 0.1) is 0 Å². The molecular formula is C35H44Cl2Zr. The minimum atomic E-state index is -2.08. The molecule has 2 saturated carbocycles. The number of aryl methyl sites for hydroxylation is 1. The molecule has 0 N–H and O–H groups in total. The first-order valence-corrected chi connectivity index (χ1v) is 18.6. The largest absolute Gasteiger partial charge is 1.00 e. The number of benzene rings is 2. The smallest absolute Gasteiger partial charge is 1.00 e. The van der Waals surface area contributed by atoms with E-state index in [2.05, 4.69) is 64.1 Å². The Morgan fingerprint density at radius 1 is 0.763 bits per heavy atom. The molecule has 4 aliphatic carbocycles. The van der Waals surface area contributed by atoms with Gasteiger partial charge in [-0.1, -0.05) is 0 Å². The minimum absolute atomic E-state index is 0. The van der Waals surface area contributed by atoms with Crippen molar-refractivity contribution in [2.45, 2.75) is 117 Å². The number of allylic oxidation sites excluding steroid dienone is 4. The summed E-state index contributed by atoms with van der Waals surface area (Å²) < 4.78 is 5.42. The molecular weight excluding hydrogens is 583 g/mol. The average molecular weight is 627 g/mol. The molecule has 0 nitrogen and oxygen atoms in total. The molecule has 0 amide bonds. The summed E-state index contributed by atoms with van der Waals surface area (Å²) in [4.78, 5) is 0. The molecule has 2 aromatic rings. The van der Waals surface area contributed by atoms with Crippen LogP contribution < -0.4 is 28.1 Å². The Bertz CT molecular complexity index is 1280. The third kappa shape index (κ3) is 5.56. The molecule has 0 aliphatic heterocycles. The van der Waals surface area contributed by atoms with Gasteiger partial charge in [0, 0.05) is 0 Å².